The predicted octanol–water partition coefficient (Wildman–Crippen LogP) is 2.13. The van der Waals surface area contributed by atoms with E-state index in [0.29, 0.717) is 5.25 Å². The normalized spacial score (nSPS) is 22.6. The second-order valence-electron chi connectivity index (χ2n) is 4.62. The Kier molecular flexibility index (Phi) is 4.92. The van der Waals surface area contributed by atoms with Gasteiger partial charge in [0.1, 0.15) is 5.75 Å². The average Bonchev–Trinajstić information content (AvgIpc) is 2.41. The van der Waals surface area contributed by atoms with Gasteiger partial charge in [-0.05, 0) is 48.3 Å². The molecule has 100 valence electrons. The van der Waals surface area contributed by atoms with Gasteiger partial charge in [-0.1, -0.05) is 6.07 Å². The lowest BCUT2D eigenvalue weighted by atomic mass is 9.87. The molecular weight excluding hydrogens is 246 g/mol. The highest BCUT2D eigenvalue weighted by molar-refractivity contribution is 7.99. The highest BCUT2D eigenvalue weighted by Crippen LogP contribution is 2.37. The van der Waals surface area contributed by atoms with Gasteiger partial charge < -0.3 is 15.6 Å². The molecule has 0 spiro atoms. The number of ether oxygens (including phenoxy) is 1. The van der Waals surface area contributed by atoms with Gasteiger partial charge in [-0.3, -0.25) is 0 Å². The smallest absolute Gasteiger partial charge is 0.119 e. The summed E-state index contributed by atoms with van der Waals surface area (Å²) in [6.07, 6.45) is 3.03. The summed E-state index contributed by atoms with van der Waals surface area (Å²) in [7, 11) is 1.69. The number of nitrogens with two attached hydrogens (primary N) is 1. The Morgan fingerprint density at radius 3 is 3.06 bits per heavy atom. The lowest BCUT2D eigenvalue weighted by molar-refractivity contribution is 0.296. The van der Waals surface area contributed by atoms with Crippen molar-refractivity contribution in [1.29, 1.82) is 0 Å². The van der Waals surface area contributed by atoms with Gasteiger partial charge in [0.25, 0.3) is 0 Å². The van der Waals surface area contributed by atoms with Gasteiger partial charge in [-0.2, -0.15) is 11.8 Å². The molecule has 4 heteroatoms. The van der Waals surface area contributed by atoms with E-state index < -0.39 is 0 Å². The number of aliphatic hydroxyl groups is 1. The number of fused-ring (bicyclic) bond motifs is 1. The zero-order valence-electron chi connectivity index (χ0n) is 10.8. The number of thioether (sulfide) groups is 1. The maximum atomic E-state index is 8.82. The second-order valence-corrected chi connectivity index (χ2v) is 5.96. The van der Waals surface area contributed by atoms with Gasteiger partial charge >= 0.3 is 0 Å². The first-order valence-electron chi connectivity index (χ1n) is 6.41. The van der Waals surface area contributed by atoms with Crippen LogP contribution in [-0.2, 0) is 6.42 Å². The average molecular weight is 267 g/mol. The molecule has 0 radical (unpaired) electrons. The zero-order chi connectivity index (χ0) is 13.0. The molecule has 0 aliphatic heterocycles. The van der Waals surface area contributed by atoms with Crippen molar-refractivity contribution in [2.45, 2.75) is 30.6 Å². The molecule has 0 amide bonds. The summed E-state index contributed by atoms with van der Waals surface area (Å²) >= 11 is 1.89. The predicted molar refractivity (Wildman–Crippen MR) is 76.2 cm³/mol. The van der Waals surface area contributed by atoms with Crippen molar-refractivity contribution >= 4 is 11.8 Å². The molecular formula is C14H21NO2S. The first-order chi connectivity index (χ1) is 8.76. The largest absolute Gasteiger partial charge is 0.497 e. The quantitative estimate of drug-likeness (QED) is 0.802. The number of rotatable bonds is 5. The van der Waals surface area contributed by atoms with Crippen LogP contribution in [0.4, 0.5) is 0 Å². The number of hydrogen-bond donors (Lipinski definition) is 2. The molecule has 0 aromatic heterocycles. The molecule has 1 aromatic rings. The molecule has 1 aromatic carbocycles. The monoisotopic (exact) mass is 267 g/mol. The molecule has 2 unspecified atom stereocenters. The number of benzene rings is 1. The van der Waals surface area contributed by atoms with Crippen LogP contribution in [0.15, 0.2) is 18.2 Å². The summed E-state index contributed by atoms with van der Waals surface area (Å²) < 4.78 is 5.25. The van der Waals surface area contributed by atoms with Crippen LogP contribution in [0.2, 0.25) is 0 Å². The third-order valence-electron chi connectivity index (χ3n) is 3.44. The summed E-state index contributed by atoms with van der Waals surface area (Å²) in [6, 6.07) is 6.28. The Labute approximate surface area is 113 Å². The molecule has 0 fully saturated rings. The standard InChI is InChI=1S/C14H21NO2S/c1-17-11-4-5-12-10(9-11)3-6-13(14(12)15)18-8-2-7-16/h4-5,9,13-14,16H,2-3,6-8,15H2,1H3. The molecule has 1 aliphatic rings. The van der Waals surface area contributed by atoms with Crippen molar-refractivity contribution in [3.63, 3.8) is 0 Å². The minimum absolute atomic E-state index is 0.100. The molecule has 2 rings (SSSR count). The van der Waals surface area contributed by atoms with E-state index in [1.54, 1.807) is 7.11 Å². The van der Waals surface area contributed by atoms with E-state index in [-0.39, 0.29) is 12.6 Å². The summed E-state index contributed by atoms with van der Waals surface area (Å²) in [5.41, 5.74) is 8.91. The topological polar surface area (TPSA) is 55.5 Å². The molecule has 3 nitrogen and oxygen atoms in total. The van der Waals surface area contributed by atoms with Crippen LogP contribution >= 0.6 is 11.8 Å². The first-order valence-corrected chi connectivity index (χ1v) is 7.46. The van der Waals surface area contributed by atoms with E-state index in [2.05, 4.69) is 12.1 Å². The maximum absolute atomic E-state index is 8.82. The Bertz CT molecular complexity index is 397. The minimum atomic E-state index is 0.100. The van der Waals surface area contributed by atoms with E-state index in [1.165, 1.54) is 11.1 Å². The van der Waals surface area contributed by atoms with Crippen molar-refractivity contribution in [3.8, 4) is 5.75 Å². The fourth-order valence-electron chi connectivity index (χ4n) is 2.41. The third-order valence-corrected chi connectivity index (χ3v) is 4.92. The van der Waals surface area contributed by atoms with E-state index in [0.717, 1.165) is 30.8 Å². The summed E-state index contributed by atoms with van der Waals surface area (Å²) in [5, 5.41) is 9.29. The number of aryl methyl sites for hydroxylation is 1. The first kappa shape index (κ1) is 13.7. The van der Waals surface area contributed by atoms with E-state index >= 15 is 0 Å². The summed E-state index contributed by atoms with van der Waals surface area (Å²) in [4.78, 5) is 0. The highest BCUT2D eigenvalue weighted by Gasteiger charge is 2.26. The van der Waals surface area contributed by atoms with Crippen LogP contribution in [-0.4, -0.2) is 29.8 Å². The van der Waals surface area contributed by atoms with E-state index in [1.807, 2.05) is 17.8 Å². The molecule has 18 heavy (non-hydrogen) atoms. The Balaban J connectivity index is 2.06. The molecule has 0 bridgehead atoms. The van der Waals surface area contributed by atoms with Crippen molar-refractivity contribution < 1.29 is 9.84 Å². The van der Waals surface area contributed by atoms with Crippen LogP contribution < -0.4 is 10.5 Å². The lowest BCUT2D eigenvalue weighted by Gasteiger charge is -2.30. The van der Waals surface area contributed by atoms with Gasteiger partial charge in [-0.15, -0.1) is 0 Å². The van der Waals surface area contributed by atoms with Gasteiger partial charge in [0.2, 0.25) is 0 Å². The van der Waals surface area contributed by atoms with Crippen LogP contribution in [0.1, 0.15) is 30.0 Å². The SMILES string of the molecule is COc1ccc2c(c1)CCC(SCCCO)C2N. The van der Waals surface area contributed by atoms with Gasteiger partial charge in [0.05, 0.1) is 7.11 Å². The maximum Gasteiger partial charge on any atom is 0.119 e. The summed E-state index contributed by atoms with van der Waals surface area (Å²) in [6.45, 7) is 0.267. The molecule has 0 saturated heterocycles. The van der Waals surface area contributed by atoms with Gasteiger partial charge in [0, 0.05) is 17.9 Å². The molecule has 0 heterocycles. The van der Waals surface area contributed by atoms with Crippen molar-refractivity contribution in [1.82, 2.24) is 0 Å². The number of aliphatic hydroxyl groups excluding tert-OH is 1. The molecule has 0 saturated carbocycles. The fraction of sp³-hybridized carbons (Fsp3) is 0.571. The minimum Gasteiger partial charge on any atom is -0.497 e. The third kappa shape index (κ3) is 2.99. The van der Waals surface area contributed by atoms with Crippen LogP contribution in [0.5, 0.6) is 5.75 Å². The molecule has 2 atom stereocenters. The van der Waals surface area contributed by atoms with Gasteiger partial charge in [-0.25, -0.2) is 0 Å². The fourth-order valence-corrected chi connectivity index (χ4v) is 3.65. The van der Waals surface area contributed by atoms with E-state index in [9.17, 15) is 0 Å². The van der Waals surface area contributed by atoms with E-state index in [4.69, 9.17) is 15.6 Å². The van der Waals surface area contributed by atoms with Crippen LogP contribution in [0, 0.1) is 0 Å². The Hall–Kier alpha value is -0.710. The zero-order valence-corrected chi connectivity index (χ0v) is 11.6. The molecule has 3 N–H and O–H groups in total. The lowest BCUT2D eigenvalue weighted by Crippen LogP contribution is -2.29. The number of hydrogen-bond acceptors (Lipinski definition) is 4. The second kappa shape index (κ2) is 6.45. The van der Waals surface area contributed by atoms with Gasteiger partial charge in [0.15, 0.2) is 0 Å². The molecule has 1 aliphatic carbocycles. The van der Waals surface area contributed by atoms with Crippen molar-refractivity contribution in [2.75, 3.05) is 19.5 Å². The number of methoxy groups -OCH3 is 1. The summed E-state index contributed by atoms with van der Waals surface area (Å²) in [5.74, 6) is 1.90. The Morgan fingerprint density at radius 1 is 1.50 bits per heavy atom. The Morgan fingerprint density at radius 2 is 2.33 bits per heavy atom. The van der Waals surface area contributed by atoms with Crippen molar-refractivity contribution in [3.05, 3.63) is 29.3 Å². The van der Waals surface area contributed by atoms with Crippen LogP contribution in [0.25, 0.3) is 0 Å². The van der Waals surface area contributed by atoms with Crippen molar-refractivity contribution in [2.24, 2.45) is 5.73 Å². The van der Waals surface area contributed by atoms with Crippen LogP contribution in [0.3, 0.4) is 0 Å². The highest BCUT2D eigenvalue weighted by atomic mass is 32.2.